The summed E-state index contributed by atoms with van der Waals surface area (Å²) in [6, 6.07) is 0. The third-order valence-corrected chi connectivity index (χ3v) is 3.04. The first-order chi connectivity index (χ1) is 8.97. The molecule has 0 aromatic rings. The van der Waals surface area contributed by atoms with Crippen molar-refractivity contribution in [2.24, 2.45) is 11.8 Å². The highest BCUT2D eigenvalue weighted by molar-refractivity contribution is 5.70. The van der Waals surface area contributed by atoms with Gasteiger partial charge in [0.2, 0.25) is 0 Å². The van der Waals surface area contributed by atoms with Gasteiger partial charge in [-0.3, -0.25) is 4.79 Å². The molecule has 114 valence electrons. The molecule has 0 aromatic heterocycles. The zero-order valence-corrected chi connectivity index (χ0v) is 13.0. The van der Waals surface area contributed by atoms with Crippen LogP contribution in [0.15, 0.2) is 0 Å². The molecule has 0 aromatic carbocycles. The van der Waals surface area contributed by atoms with E-state index in [0.29, 0.717) is 25.5 Å². The van der Waals surface area contributed by atoms with E-state index in [2.05, 4.69) is 25.7 Å². The number of rotatable bonds is 12. The average Bonchev–Trinajstić information content (AvgIpc) is 2.30. The monoisotopic (exact) mass is 273 g/mol. The van der Waals surface area contributed by atoms with Gasteiger partial charge in [0.05, 0.1) is 5.92 Å². The number of aliphatic carboxylic acids is 1. The molecule has 0 aliphatic rings. The van der Waals surface area contributed by atoms with Crippen LogP contribution in [0.25, 0.3) is 0 Å². The fourth-order valence-corrected chi connectivity index (χ4v) is 2.15. The van der Waals surface area contributed by atoms with E-state index in [1.807, 2.05) is 7.05 Å². The van der Waals surface area contributed by atoms with E-state index in [-0.39, 0.29) is 5.92 Å². The van der Waals surface area contributed by atoms with Crippen molar-refractivity contribution in [3.05, 3.63) is 0 Å². The number of carboxylic acid groups (broad SMARTS) is 1. The van der Waals surface area contributed by atoms with Crippen molar-refractivity contribution in [3.63, 3.8) is 0 Å². The second-order valence-corrected chi connectivity index (χ2v) is 5.76. The molecule has 1 N–H and O–H groups in total. The summed E-state index contributed by atoms with van der Waals surface area (Å²) in [5.74, 6) is -0.403. The van der Waals surface area contributed by atoms with Crippen LogP contribution in [0.1, 0.15) is 46.5 Å². The molecule has 0 saturated carbocycles. The smallest absolute Gasteiger partial charge is 0.307 e. The SMILES string of the molecule is CCCCOCCCC(CN(C)CC(C)C)C(=O)O. The maximum atomic E-state index is 11.2. The Balaban J connectivity index is 3.83. The number of nitrogens with zero attached hydrogens (tertiary/aromatic N) is 1. The van der Waals surface area contributed by atoms with Gasteiger partial charge in [0, 0.05) is 26.3 Å². The minimum Gasteiger partial charge on any atom is -0.481 e. The van der Waals surface area contributed by atoms with Crippen molar-refractivity contribution < 1.29 is 14.6 Å². The molecule has 0 bridgehead atoms. The van der Waals surface area contributed by atoms with Crippen molar-refractivity contribution in [2.75, 3.05) is 33.4 Å². The summed E-state index contributed by atoms with van der Waals surface area (Å²) in [5, 5.41) is 9.23. The maximum absolute atomic E-state index is 11.2. The molecule has 0 spiro atoms. The first-order valence-corrected chi connectivity index (χ1v) is 7.46. The number of hydrogen-bond donors (Lipinski definition) is 1. The highest BCUT2D eigenvalue weighted by atomic mass is 16.5. The van der Waals surface area contributed by atoms with Gasteiger partial charge in [-0.25, -0.2) is 0 Å². The van der Waals surface area contributed by atoms with Crippen LogP contribution in [0.2, 0.25) is 0 Å². The minimum absolute atomic E-state index is 0.279. The average molecular weight is 273 g/mol. The largest absolute Gasteiger partial charge is 0.481 e. The highest BCUT2D eigenvalue weighted by Crippen LogP contribution is 2.10. The molecular weight excluding hydrogens is 242 g/mol. The van der Waals surface area contributed by atoms with Crippen LogP contribution < -0.4 is 0 Å². The van der Waals surface area contributed by atoms with Crippen molar-refractivity contribution >= 4 is 5.97 Å². The van der Waals surface area contributed by atoms with E-state index in [0.717, 1.165) is 32.4 Å². The lowest BCUT2D eigenvalue weighted by molar-refractivity contribution is -0.142. The molecule has 0 rings (SSSR count). The maximum Gasteiger partial charge on any atom is 0.307 e. The van der Waals surface area contributed by atoms with Gasteiger partial charge in [-0.15, -0.1) is 0 Å². The Bertz CT molecular complexity index is 231. The van der Waals surface area contributed by atoms with E-state index >= 15 is 0 Å². The second kappa shape index (κ2) is 11.2. The molecule has 4 nitrogen and oxygen atoms in total. The molecule has 1 unspecified atom stereocenters. The van der Waals surface area contributed by atoms with Crippen molar-refractivity contribution in [1.82, 2.24) is 4.90 Å². The molecule has 19 heavy (non-hydrogen) atoms. The van der Waals surface area contributed by atoms with Gasteiger partial charge in [-0.2, -0.15) is 0 Å². The van der Waals surface area contributed by atoms with Gasteiger partial charge < -0.3 is 14.7 Å². The second-order valence-electron chi connectivity index (χ2n) is 5.76. The predicted molar refractivity (Wildman–Crippen MR) is 78.4 cm³/mol. The van der Waals surface area contributed by atoms with E-state index in [1.54, 1.807) is 0 Å². The van der Waals surface area contributed by atoms with E-state index < -0.39 is 5.97 Å². The minimum atomic E-state index is -0.691. The normalized spacial score (nSPS) is 13.2. The summed E-state index contributed by atoms with van der Waals surface area (Å²) in [4.78, 5) is 13.3. The summed E-state index contributed by atoms with van der Waals surface area (Å²) in [6.07, 6.45) is 3.75. The third-order valence-electron chi connectivity index (χ3n) is 3.04. The molecule has 4 heteroatoms. The fraction of sp³-hybridized carbons (Fsp3) is 0.933. The first-order valence-electron chi connectivity index (χ1n) is 7.46. The van der Waals surface area contributed by atoms with Gasteiger partial charge in [0.1, 0.15) is 0 Å². The topological polar surface area (TPSA) is 49.8 Å². The predicted octanol–water partition coefficient (Wildman–Crippen LogP) is 2.87. The Labute approximate surface area is 118 Å². The van der Waals surface area contributed by atoms with Crippen LogP contribution in [-0.4, -0.2) is 49.3 Å². The standard InChI is InChI=1S/C15H31NO3/c1-5-6-9-19-10-7-8-14(15(17)18)12-16(4)11-13(2)3/h13-14H,5-12H2,1-4H3,(H,17,18). The Hall–Kier alpha value is -0.610. The molecular formula is C15H31NO3. The van der Waals surface area contributed by atoms with Crippen LogP contribution in [0, 0.1) is 11.8 Å². The first kappa shape index (κ1) is 18.4. The fourth-order valence-electron chi connectivity index (χ4n) is 2.15. The van der Waals surface area contributed by atoms with Crippen molar-refractivity contribution in [2.45, 2.75) is 46.5 Å². The lowest BCUT2D eigenvalue weighted by Crippen LogP contribution is -2.33. The summed E-state index contributed by atoms with van der Waals surface area (Å²) in [5.41, 5.74) is 0. The number of carbonyl (C=O) groups is 1. The summed E-state index contributed by atoms with van der Waals surface area (Å²) in [7, 11) is 1.99. The third kappa shape index (κ3) is 11.0. The molecule has 1 atom stereocenters. The van der Waals surface area contributed by atoms with Gasteiger partial charge in [-0.05, 0) is 32.2 Å². The van der Waals surface area contributed by atoms with Crippen LogP contribution in [0.5, 0.6) is 0 Å². The van der Waals surface area contributed by atoms with Gasteiger partial charge in [0.15, 0.2) is 0 Å². The van der Waals surface area contributed by atoms with Crippen LogP contribution in [0.3, 0.4) is 0 Å². The van der Waals surface area contributed by atoms with E-state index in [9.17, 15) is 9.90 Å². The lowest BCUT2D eigenvalue weighted by atomic mass is 10.0. The quantitative estimate of drug-likeness (QED) is 0.555. The Kier molecular flexibility index (Phi) is 10.9. The van der Waals surface area contributed by atoms with E-state index in [1.165, 1.54) is 0 Å². The molecule has 0 heterocycles. The molecule has 0 aliphatic heterocycles. The Morgan fingerprint density at radius 3 is 2.37 bits per heavy atom. The van der Waals surface area contributed by atoms with Crippen LogP contribution >= 0.6 is 0 Å². The molecule has 0 amide bonds. The number of ether oxygens (including phenoxy) is 1. The molecule has 0 radical (unpaired) electrons. The van der Waals surface area contributed by atoms with Gasteiger partial charge in [-0.1, -0.05) is 27.2 Å². The molecule has 0 aliphatic carbocycles. The summed E-state index contributed by atoms with van der Waals surface area (Å²) < 4.78 is 5.47. The molecule has 0 saturated heterocycles. The zero-order valence-electron chi connectivity index (χ0n) is 13.0. The van der Waals surface area contributed by atoms with E-state index in [4.69, 9.17) is 4.74 Å². The van der Waals surface area contributed by atoms with Crippen LogP contribution in [0.4, 0.5) is 0 Å². The lowest BCUT2D eigenvalue weighted by Gasteiger charge is -2.23. The highest BCUT2D eigenvalue weighted by Gasteiger charge is 2.19. The Morgan fingerprint density at radius 1 is 1.21 bits per heavy atom. The van der Waals surface area contributed by atoms with Gasteiger partial charge >= 0.3 is 5.97 Å². The summed E-state index contributed by atoms with van der Waals surface area (Å²) in [6.45, 7) is 9.47. The zero-order chi connectivity index (χ0) is 14.7. The molecule has 0 fully saturated rings. The Morgan fingerprint density at radius 2 is 1.84 bits per heavy atom. The van der Waals surface area contributed by atoms with Crippen molar-refractivity contribution in [3.8, 4) is 0 Å². The summed E-state index contributed by atoms with van der Waals surface area (Å²) >= 11 is 0. The number of unbranched alkanes of at least 4 members (excludes halogenated alkanes) is 1. The van der Waals surface area contributed by atoms with Crippen molar-refractivity contribution in [1.29, 1.82) is 0 Å². The number of hydrogen-bond acceptors (Lipinski definition) is 3. The van der Waals surface area contributed by atoms with Gasteiger partial charge in [0.25, 0.3) is 0 Å². The van der Waals surface area contributed by atoms with Crippen LogP contribution in [-0.2, 0) is 9.53 Å². The number of carboxylic acids is 1.